The summed E-state index contributed by atoms with van der Waals surface area (Å²) in [6, 6.07) is 76.5. The summed E-state index contributed by atoms with van der Waals surface area (Å²) in [5, 5.41) is 9.78. The molecule has 0 fully saturated rings. The Labute approximate surface area is 325 Å². The van der Waals surface area contributed by atoms with Gasteiger partial charge in [0.2, 0.25) is 0 Å². The average molecular weight is 714 g/mol. The van der Waals surface area contributed by atoms with Crippen molar-refractivity contribution in [3.05, 3.63) is 212 Å². The molecule has 11 rings (SSSR count). The molecule has 0 radical (unpaired) electrons. The summed E-state index contributed by atoms with van der Waals surface area (Å²) in [5.74, 6) is 0. The maximum absolute atomic E-state index is 6.24. The lowest BCUT2D eigenvalue weighted by atomic mass is 9.93. The van der Waals surface area contributed by atoms with Gasteiger partial charge in [0, 0.05) is 27.8 Å². The second-order valence-electron chi connectivity index (χ2n) is 14.5. The van der Waals surface area contributed by atoms with Crippen LogP contribution in [0.2, 0.25) is 0 Å². The summed E-state index contributed by atoms with van der Waals surface area (Å²) in [7, 11) is 0. The Morgan fingerprint density at radius 2 is 0.839 bits per heavy atom. The lowest BCUT2D eigenvalue weighted by molar-refractivity contribution is 0.669. The smallest absolute Gasteiger partial charge is 0.135 e. The van der Waals surface area contributed by atoms with Gasteiger partial charge in [-0.1, -0.05) is 152 Å². The van der Waals surface area contributed by atoms with Gasteiger partial charge in [-0.25, -0.2) is 0 Å². The van der Waals surface area contributed by atoms with Crippen LogP contribution in [0.25, 0.3) is 87.6 Å². The van der Waals surface area contributed by atoms with Crippen molar-refractivity contribution >= 4 is 71.3 Å². The molecule has 0 saturated heterocycles. The Hall–Kier alpha value is -7.42. The minimum Gasteiger partial charge on any atom is -0.456 e. The van der Waals surface area contributed by atoms with Crippen molar-refractivity contribution in [3.63, 3.8) is 0 Å². The van der Waals surface area contributed by atoms with Crippen LogP contribution in [-0.4, -0.2) is 0 Å². The van der Waals surface area contributed by atoms with Crippen molar-refractivity contribution in [1.29, 1.82) is 0 Å². The minimum absolute atomic E-state index is 0.884. The fourth-order valence-electron chi connectivity index (χ4n) is 8.53. The van der Waals surface area contributed by atoms with Gasteiger partial charge in [-0.05, 0) is 126 Å². The number of benzene rings is 10. The minimum atomic E-state index is 0.884. The Morgan fingerprint density at radius 1 is 0.268 bits per heavy atom. The van der Waals surface area contributed by atoms with E-state index in [4.69, 9.17) is 4.42 Å². The highest BCUT2D eigenvalue weighted by atomic mass is 16.3. The predicted octanol–water partition coefficient (Wildman–Crippen LogP) is 15.5. The second-order valence-corrected chi connectivity index (χ2v) is 14.5. The van der Waals surface area contributed by atoms with Gasteiger partial charge < -0.3 is 9.32 Å². The van der Waals surface area contributed by atoms with Gasteiger partial charge in [-0.3, -0.25) is 0 Å². The summed E-state index contributed by atoms with van der Waals surface area (Å²) in [6.45, 7) is 0. The molecule has 10 aromatic carbocycles. The summed E-state index contributed by atoms with van der Waals surface area (Å²) in [4.78, 5) is 2.35. The third-order valence-electron chi connectivity index (χ3n) is 11.2. The van der Waals surface area contributed by atoms with Crippen LogP contribution in [0, 0.1) is 0 Å². The van der Waals surface area contributed by atoms with Gasteiger partial charge in [-0.2, -0.15) is 0 Å². The molecule has 0 aliphatic carbocycles. The number of hydrogen-bond acceptors (Lipinski definition) is 2. The van der Waals surface area contributed by atoms with Gasteiger partial charge in [-0.15, -0.1) is 0 Å². The van der Waals surface area contributed by atoms with Crippen LogP contribution in [0.3, 0.4) is 0 Å². The number of rotatable bonds is 6. The van der Waals surface area contributed by atoms with Gasteiger partial charge in [0.1, 0.15) is 11.2 Å². The molecule has 0 atom stereocenters. The average Bonchev–Trinajstić information content (AvgIpc) is 3.65. The maximum Gasteiger partial charge on any atom is 0.135 e. The van der Waals surface area contributed by atoms with E-state index in [1.807, 2.05) is 12.1 Å². The number of hydrogen-bond donors (Lipinski definition) is 0. The van der Waals surface area contributed by atoms with E-state index in [9.17, 15) is 0 Å². The number of para-hydroxylation sites is 1. The number of nitrogens with zero attached hydrogens (tertiary/aromatic N) is 1. The lowest BCUT2D eigenvalue weighted by Gasteiger charge is -2.26. The lowest BCUT2D eigenvalue weighted by Crippen LogP contribution is -2.09. The van der Waals surface area contributed by atoms with E-state index in [1.165, 1.54) is 65.7 Å². The van der Waals surface area contributed by atoms with E-state index < -0.39 is 0 Å². The van der Waals surface area contributed by atoms with Crippen LogP contribution in [-0.2, 0) is 0 Å². The molecule has 0 saturated carbocycles. The van der Waals surface area contributed by atoms with Crippen molar-refractivity contribution in [2.45, 2.75) is 0 Å². The van der Waals surface area contributed by atoms with E-state index >= 15 is 0 Å². The molecule has 0 unspecified atom stereocenters. The van der Waals surface area contributed by atoms with Gasteiger partial charge >= 0.3 is 0 Å². The molecule has 1 heterocycles. The van der Waals surface area contributed by atoms with Crippen LogP contribution < -0.4 is 4.90 Å². The Balaban J connectivity index is 1.01. The molecule has 0 amide bonds. The van der Waals surface area contributed by atoms with Crippen molar-refractivity contribution in [2.24, 2.45) is 0 Å². The molecule has 1 aromatic heterocycles. The molecule has 2 heteroatoms. The highest BCUT2D eigenvalue weighted by molar-refractivity contribution is 6.14. The molecular weight excluding hydrogens is 679 g/mol. The van der Waals surface area contributed by atoms with Crippen LogP contribution in [0.4, 0.5) is 17.1 Å². The SMILES string of the molecule is c1cc(-c2ccc(N(c3ccc(-c4cc5ccccc5c5ccccc45)cc3)c3ccc4oc5ccccc5c4c3)cc2)cc(-c2cccc3ccccc23)c1. The third-order valence-corrected chi connectivity index (χ3v) is 11.2. The zero-order valence-electron chi connectivity index (χ0n) is 30.6. The van der Waals surface area contributed by atoms with Gasteiger partial charge in [0.05, 0.1) is 0 Å². The first-order chi connectivity index (χ1) is 27.7. The second kappa shape index (κ2) is 13.2. The van der Waals surface area contributed by atoms with E-state index in [2.05, 4.69) is 205 Å². The molecule has 0 aliphatic heterocycles. The molecule has 0 spiro atoms. The molecule has 0 aliphatic rings. The Kier molecular flexibility index (Phi) is 7.53. The molecule has 262 valence electrons. The topological polar surface area (TPSA) is 16.4 Å². The van der Waals surface area contributed by atoms with Crippen molar-refractivity contribution in [1.82, 2.24) is 0 Å². The largest absolute Gasteiger partial charge is 0.456 e. The fraction of sp³-hybridized carbons (Fsp3) is 0. The van der Waals surface area contributed by atoms with Crippen LogP contribution in [0.15, 0.2) is 217 Å². The Morgan fingerprint density at radius 3 is 1.64 bits per heavy atom. The fourth-order valence-corrected chi connectivity index (χ4v) is 8.53. The van der Waals surface area contributed by atoms with Crippen molar-refractivity contribution in [2.75, 3.05) is 4.90 Å². The van der Waals surface area contributed by atoms with Crippen LogP contribution in [0.1, 0.15) is 0 Å². The summed E-state index contributed by atoms with van der Waals surface area (Å²) < 4.78 is 6.24. The first kappa shape index (κ1) is 32.0. The Bertz CT molecular complexity index is 3240. The molecule has 2 nitrogen and oxygen atoms in total. The number of furan rings is 1. The quantitative estimate of drug-likeness (QED) is 0.160. The van der Waals surface area contributed by atoms with E-state index in [0.717, 1.165) is 39.0 Å². The summed E-state index contributed by atoms with van der Waals surface area (Å²) in [6.07, 6.45) is 0. The molecule has 11 aromatic rings. The summed E-state index contributed by atoms with van der Waals surface area (Å²) in [5.41, 5.74) is 12.2. The standard InChI is InChI=1S/C54H35NO/c1-3-16-45-37(11-1)13-10-21-46(45)40-15-9-14-39(33-40)36-23-27-42(28-24-36)55(44-31-32-54-52(35-44)50-20-7-8-22-53(50)56-54)43-29-25-38(26-30-43)51-34-41-12-2-4-17-47(41)48-18-5-6-19-49(48)51/h1-35H. The monoisotopic (exact) mass is 713 g/mol. The van der Waals surface area contributed by atoms with E-state index in [0.29, 0.717) is 0 Å². The van der Waals surface area contributed by atoms with E-state index in [1.54, 1.807) is 0 Å². The first-order valence-electron chi connectivity index (χ1n) is 19.2. The first-order valence-corrected chi connectivity index (χ1v) is 19.2. The zero-order chi connectivity index (χ0) is 37.0. The van der Waals surface area contributed by atoms with Crippen molar-refractivity contribution in [3.8, 4) is 33.4 Å². The number of fused-ring (bicyclic) bond motifs is 7. The summed E-state index contributed by atoms with van der Waals surface area (Å²) >= 11 is 0. The van der Waals surface area contributed by atoms with Gasteiger partial charge in [0.15, 0.2) is 0 Å². The third kappa shape index (κ3) is 5.42. The molecule has 0 N–H and O–H groups in total. The van der Waals surface area contributed by atoms with Crippen LogP contribution in [0.5, 0.6) is 0 Å². The predicted molar refractivity (Wildman–Crippen MR) is 237 cm³/mol. The molecular formula is C54H35NO. The van der Waals surface area contributed by atoms with Crippen molar-refractivity contribution < 1.29 is 4.42 Å². The zero-order valence-corrected chi connectivity index (χ0v) is 30.6. The highest BCUT2D eigenvalue weighted by Crippen LogP contribution is 2.42. The van der Waals surface area contributed by atoms with Crippen LogP contribution >= 0.6 is 0 Å². The van der Waals surface area contributed by atoms with E-state index in [-0.39, 0.29) is 0 Å². The maximum atomic E-state index is 6.24. The number of anilines is 3. The normalized spacial score (nSPS) is 11.6. The molecule has 56 heavy (non-hydrogen) atoms. The molecule has 0 bridgehead atoms. The highest BCUT2D eigenvalue weighted by Gasteiger charge is 2.17. The van der Waals surface area contributed by atoms with Gasteiger partial charge in [0.25, 0.3) is 0 Å².